The summed E-state index contributed by atoms with van der Waals surface area (Å²) in [6.07, 6.45) is 7.63. The average Bonchev–Trinajstić information content (AvgIpc) is 3.22. The fourth-order valence-electron chi connectivity index (χ4n) is 4.27. The summed E-state index contributed by atoms with van der Waals surface area (Å²) in [5.41, 5.74) is 6.23. The first-order chi connectivity index (χ1) is 11.7. The molecule has 128 valence electrons. The molecule has 24 heavy (non-hydrogen) atoms. The van der Waals surface area contributed by atoms with Gasteiger partial charge in [0.25, 0.3) is 0 Å². The van der Waals surface area contributed by atoms with Gasteiger partial charge in [0.15, 0.2) is 0 Å². The number of nitrogens with two attached hydrogens (primary N) is 1. The third-order valence-corrected chi connectivity index (χ3v) is 5.28. The Morgan fingerprint density at radius 3 is 3.00 bits per heavy atom. The second-order valence-corrected chi connectivity index (χ2v) is 6.63. The fourth-order valence-corrected chi connectivity index (χ4v) is 4.27. The van der Waals surface area contributed by atoms with Crippen molar-refractivity contribution in [1.29, 1.82) is 0 Å². The monoisotopic (exact) mass is 329 g/mol. The topological polar surface area (TPSA) is 103 Å². The Morgan fingerprint density at radius 1 is 1.33 bits per heavy atom. The molecular weight excluding hydrogens is 306 g/mol. The number of nitrogens with one attached hydrogen (secondary N) is 2. The Hall–Kier alpha value is -2.35. The zero-order valence-corrected chi connectivity index (χ0v) is 13.7. The molecule has 0 bridgehead atoms. The summed E-state index contributed by atoms with van der Waals surface area (Å²) in [5, 5.41) is 3.79. The minimum atomic E-state index is -0.120. The standard InChI is InChI=1S/C16H23N7O/c17-10-19-15(24)23-8-2-5-16(23)4-1-7-22(9-16)14-12-3-6-18-13(12)20-11-21-14/h3,6,11H,1-2,4-5,7-10,17H2,(H,19,24)(H,18,20,21). The average molecular weight is 329 g/mol. The number of hydrogen-bond acceptors (Lipinski definition) is 5. The summed E-state index contributed by atoms with van der Waals surface area (Å²) in [7, 11) is 0. The van der Waals surface area contributed by atoms with Gasteiger partial charge in [-0.05, 0) is 31.7 Å². The highest BCUT2D eigenvalue weighted by Gasteiger charge is 2.46. The van der Waals surface area contributed by atoms with Crippen molar-refractivity contribution in [3.63, 3.8) is 0 Å². The molecule has 2 saturated heterocycles. The van der Waals surface area contributed by atoms with E-state index in [0.29, 0.717) is 0 Å². The van der Waals surface area contributed by atoms with Crippen LogP contribution in [0.4, 0.5) is 10.6 Å². The van der Waals surface area contributed by atoms with Crippen molar-refractivity contribution in [1.82, 2.24) is 25.2 Å². The Bertz CT molecular complexity index is 745. The molecule has 0 radical (unpaired) electrons. The predicted octanol–water partition coefficient (Wildman–Crippen LogP) is 1.02. The number of carbonyl (C=O) groups excluding carboxylic acids is 1. The summed E-state index contributed by atoms with van der Waals surface area (Å²) >= 11 is 0. The van der Waals surface area contributed by atoms with Crippen LogP contribution in [0, 0.1) is 0 Å². The van der Waals surface area contributed by atoms with Crippen molar-refractivity contribution in [2.45, 2.75) is 31.2 Å². The Kier molecular flexibility index (Phi) is 3.76. The van der Waals surface area contributed by atoms with Crippen LogP contribution < -0.4 is 16.0 Å². The molecule has 4 rings (SSSR count). The molecule has 4 heterocycles. The van der Waals surface area contributed by atoms with Gasteiger partial charge in [-0.2, -0.15) is 0 Å². The number of amides is 2. The zero-order valence-electron chi connectivity index (χ0n) is 13.7. The van der Waals surface area contributed by atoms with Gasteiger partial charge in [-0.1, -0.05) is 0 Å². The molecule has 1 spiro atoms. The van der Waals surface area contributed by atoms with Crippen molar-refractivity contribution < 1.29 is 4.79 Å². The molecule has 8 heteroatoms. The number of urea groups is 1. The lowest BCUT2D eigenvalue weighted by atomic mass is 9.86. The number of likely N-dealkylation sites (tertiary alicyclic amines) is 1. The van der Waals surface area contributed by atoms with Crippen molar-refractivity contribution >= 4 is 22.9 Å². The van der Waals surface area contributed by atoms with Gasteiger partial charge in [-0.25, -0.2) is 14.8 Å². The van der Waals surface area contributed by atoms with Crippen molar-refractivity contribution in [2.24, 2.45) is 5.73 Å². The number of H-pyrrole nitrogens is 1. The molecule has 2 aliphatic rings. The van der Waals surface area contributed by atoms with Crippen molar-refractivity contribution in [3.8, 4) is 0 Å². The second-order valence-electron chi connectivity index (χ2n) is 6.63. The van der Waals surface area contributed by atoms with E-state index in [9.17, 15) is 4.79 Å². The number of rotatable bonds is 2. The van der Waals surface area contributed by atoms with E-state index < -0.39 is 0 Å². The highest BCUT2D eigenvalue weighted by molar-refractivity contribution is 5.87. The Labute approximate surface area is 140 Å². The summed E-state index contributed by atoms with van der Waals surface area (Å²) < 4.78 is 0. The molecule has 4 N–H and O–H groups in total. The molecule has 1 atom stereocenters. The van der Waals surface area contributed by atoms with Crippen LogP contribution in [0.15, 0.2) is 18.6 Å². The van der Waals surface area contributed by atoms with Crippen LogP contribution in [0.3, 0.4) is 0 Å². The minimum Gasteiger partial charge on any atom is -0.354 e. The number of piperidine rings is 1. The van der Waals surface area contributed by atoms with Crippen molar-refractivity contribution in [3.05, 3.63) is 18.6 Å². The van der Waals surface area contributed by atoms with Gasteiger partial charge in [0.2, 0.25) is 0 Å². The zero-order chi connectivity index (χ0) is 16.6. The van der Waals surface area contributed by atoms with Crippen molar-refractivity contribution in [2.75, 3.05) is 31.2 Å². The molecule has 8 nitrogen and oxygen atoms in total. The van der Waals surface area contributed by atoms with E-state index >= 15 is 0 Å². The quantitative estimate of drug-likeness (QED) is 0.714. The van der Waals surface area contributed by atoms with E-state index in [1.165, 1.54) is 0 Å². The van der Waals surface area contributed by atoms with Gasteiger partial charge in [0.05, 0.1) is 17.6 Å². The molecule has 0 aromatic carbocycles. The van der Waals surface area contributed by atoms with E-state index in [2.05, 4.69) is 25.2 Å². The third kappa shape index (κ3) is 2.37. The molecule has 2 aromatic rings. The maximum Gasteiger partial charge on any atom is 0.318 e. The summed E-state index contributed by atoms with van der Waals surface area (Å²) in [5.74, 6) is 0.950. The molecule has 0 aliphatic carbocycles. The van der Waals surface area contributed by atoms with Crippen LogP contribution >= 0.6 is 0 Å². The molecule has 2 aromatic heterocycles. The van der Waals surface area contributed by atoms with Crippen LogP contribution in [-0.4, -0.2) is 57.7 Å². The molecule has 2 aliphatic heterocycles. The maximum atomic E-state index is 12.4. The lowest BCUT2D eigenvalue weighted by Gasteiger charge is -2.46. The number of fused-ring (bicyclic) bond motifs is 1. The Balaban J connectivity index is 1.63. The van der Waals surface area contributed by atoms with Crippen LogP contribution in [0.5, 0.6) is 0 Å². The van der Waals surface area contributed by atoms with Gasteiger partial charge < -0.3 is 25.8 Å². The molecule has 2 amide bonds. The van der Waals surface area contributed by atoms with E-state index in [0.717, 1.165) is 62.2 Å². The van der Waals surface area contributed by atoms with Gasteiger partial charge in [-0.3, -0.25) is 0 Å². The van der Waals surface area contributed by atoms with E-state index in [4.69, 9.17) is 5.73 Å². The summed E-state index contributed by atoms with van der Waals surface area (Å²) in [6.45, 7) is 2.72. The first kappa shape index (κ1) is 15.2. The van der Waals surface area contributed by atoms with Crippen LogP contribution in [0.1, 0.15) is 25.7 Å². The maximum absolute atomic E-state index is 12.4. The van der Waals surface area contributed by atoms with E-state index in [1.807, 2.05) is 17.2 Å². The van der Waals surface area contributed by atoms with Crippen LogP contribution in [0.25, 0.3) is 11.0 Å². The molecular formula is C16H23N7O. The summed E-state index contributed by atoms with van der Waals surface area (Å²) in [4.78, 5) is 28.6. The van der Waals surface area contributed by atoms with Crippen LogP contribution in [-0.2, 0) is 0 Å². The highest BCUT2D eigenvalue weighted by atomic mass is 16.2. The molecule has 0 saturated carbocycles. The summed E-state index contributed by atoms with van der Waals surface area (Å²) in [6, 6.07) is 1.96. The third-order valence-electron chi connectivity index (χ3n) is 5.28. The highest BCUT2D eigenvalue weighted by Crippen LogP contribution is 2.39. The lowest BCUT2D eigenvalue weighted by molar-refractivity contribution is 0.131. The smallest absolute Gasteiger partial charge is 0.318 e. The Morgan fingerprint density at radius 2 is 2.17 bits per heavy atom. The molecule has 2 fully saturated rings. The lowest BCUT2D eigenvalue weighted by Crippen LogP contribution is -2.60. The predicted molar refractivity (Wildman–Crippen MR) is 91.6 cm³/mol. The number of aromatic amines is 1. The SMILES string of the molecule is NCNC(=O)N1CCCC12CCCN(c1ncnc3[nH]ccc13)C2. The first-order valence-corrected chi connectivity index (χ1v) is 8.52. The van der Waals surface area contributed by atoms with E-state index in [-0.39, 0.29) is 18.2 Å². The normalized spacial score (nSPS) is 24.0. The minimum absolute atomic E-state index is 0.0497. The molecule has 1 unspecified atom stereocenters. The number of nitrogens with zero attached hydrogens (tertiary/aromatic N) is 4. The van der Waals surface area contributed by atoms with E-state index in [1.54, 1.807) is 6.33 Å². The largest absolute Gasteiger partial charge is 0.354 e. The number of hydrogen-bond donors (Lipinski definition) is 3. The van der Waals surface area contributed by atoms with Gasteiger partial charge in [-0.15, -0.1) is 0 Å². The number of anilines is 1. The van der Waals surface area contributed by atoms with Crippen LogP contribution in [0.2, 0.25) is 0 Å². The van der Waals surface area contributed by atoms with Gasteiger partial charge >= 0.3 is 6.03 Å². The second kappa shape index (κ2) is 5.94. The first-order valence-electron chi connectivity index (χ1n) is 8.52. The number of carbonyl (C=O) groups is 1. The number of aromatic nitrogens is 3. The fraction of sp³-hybridized carbons (Fsp3) is 0.562. The van der Waals surface area contributed by atoms with Gasteiger partial charge in [0.1, 0.15) is 17.8 Å². The van der Waals surface area contributed by atoms with Gasteiger partial charge in [0, 0.05) is 25.8 Å².